The molecular weight excluding hydrogens is 272 g/mol. The summed E-state index contributed by atoms with van der Waals surface area (Å²) in [6, 6.07) is 4.32. The van der Waals surface area contributed by atoms with Crippen LogP contribution < -0.4 is 4.65 Å². The van der Waals surface area contributed by atoms with Crippen molar-refractivity contribution in [2.75, 3.05) is 26.3 Å². The Morgan fingerprint density at radius 1 is 1.37 bits per heavy atom. The number of nitrogens with zero attached hydrogens (tertiary/aromatic N) is 1. The Balaban J connectivity index is 2.13. The maximum absolute atomic E-state index is 12.2. The lowest BCUT2D eigenvalue weighted by Crippen LogP contribution is -2.40. The first kappa shape index (κ1) is 14.1. The fraction of sp³-hybridized carbons (Fsp3) is 0.364. The van der Waals surface area contributed by atoms with E-state index in [4.69, 9.17) is 26.4 Å². The van der Waals surface area contributed by atoms with Gasteiger partial charge in [-0.25, -0.2) is 0 Å². The van der Waals surface area contributed by atoms with Crippen molar-refractivity contribution < 1.29 is 24.2 Å². The molecule has 0 bridgehead atoms. The minimum Gasteiger partial charge on any atom is -0.512 e. The van der Waals surface area contributed by atoms with Crippen molar-refractivity contribution in [3.8, 4) is 5.75 Å². The van der Waals surface area contributed by atoms with Crippen LogP contribution in [-0.4, -0.2) is 54.5 Å². The van der Waals surface area contributed by atoms with Gasteiger partial charge in [0, 0.05) is 13.1 Å². The van der Waals surface area contributed by atoms with Crippen LogP contribution in [0, 0.1) is 0 Å². The third kappa shape index (κ3) is 3.60. The van der Waals surface area contributed by atoms with Gasteiger partial charge in [-0.3, -0.25) is 4.79 Å². The number of carbonyl (C=O) groups excluding carboxylic acids is 1. The van der Waals surface area contributed by atoms with Crippen molar-refractivity contribution in [1.82, 2.24) is 4.90 Å². The Morgan fingerprint density at radius 3 is 2.63 bits per heavy atom. The zero-order valence-corrected chi connectivity index (χ0v) is 10.8. The molecule has 0 spiro atoms. The Bertz CT molecular complexity index is 464. The van der Waals surface area contributed by atoms with E-state index in [-0.39, 0.29) is 16.7 Å². The number of halogens is 1. The molecule has 0 saturated carbocycles. The molecule has 2 rings (SSSR count). The van der Waals surface area contributed by atoms with E-state index in [1.165, 1.54) is 18.2 Å². The van der Waals surface area contributed by atoms with Gasteiger partial charge in [-0.1, -0.05) is 11.6 Å². The molecule has 1 aliphatic heterocycles. The molecular formula is C11H13BClNO5. The minimum atomic E-state index is -1.92. The van der Waals surface area contributed by atoms with E-state index < -0.39 is 7.32 Å². The first-order valence-corrected chi connectivity index (χ1v) is 6.15. The molecule has 1 saturated heterocycles. The summed E-state index contributed by atoms with van der Waals surface area (Å²) in [6.07, 6.45) is 0. The first-order valence-electron chi connectivity index (χ1n) is 5.77. The van der Waals surface area contributed by atoms with Gasteiger partial charge in [0.2, 0.25) is 0 Å². The highest BCUT2D eigenvalue weighted by molar-refractivity contribution is 6.35. The molecule has 1 amide bonds. The molecule has 102 valence electrons. The molecule has 0 aromatic heterocycles. The maximum atomic E-state index is 12.2. The molecule has 1 aromatic rings. The number of benzene rings is 1. The lowest BCUT2D eigenvalue weighted by Gasteiger charge is -2.27. The third-order valence-electron chi connectivity index (χ3n) is 2.71. The van der Waals surface area contributed by atoms with Gasteiger partial charge in [-0.2, -0.15) is 0 Å². The lowest BCUT2D eigenvalue weighted by atomic mass is 10.1. The summed E-state index contributed by atoms with van der Waals surface area (Å²) in [5.41, 5.74) is 0.350. The summed E-state index contributed by atoms with van der Waals surface area (Å²) in [4.78, 5) is 13.9. The molecule has 1 heterocycles. The smallest absolute Gasteiger partial charge is 0.512 e. The summed E-state index contributed by atoms with van der Waals surface area (Å²) in [5.74, 6) is 0.00271. The van der Waals surface area contributed by atoms with E-state index in [0.29, 0.717) is 31.9 Å². The standard InChI is InChI=1S/C11H13BClNO5/c13-10-7-8(19-12(16)17)1-2-9(10)11(15)14-3-5-18-6-4-14/h1-2,7,16-17H,3-6H2. The third-order valence-corrected chi connectivity index (χ3v) is 3.02. The topological polar surface area (TPSA) is 79.2 Å². The zero-order chi connectivity index (χ0) is 13.8. The predicted octanol–water partition coefficient (Wildman–Crippen LogP) is 0.161. The minimum absolute atomic E-state index is 0.176. The van der Waals surface area contributed by atoms with E-state index in [0.717, 1.165) is 0 Å². The van der Waals surface area contributed by atoms with Gasteiger partial charge >= 0.3 is 7.32 Å². The van der Waals surface area contributed by atoms with Crippen LogP contribution in [0.4, 0.5) is 0 Å². The zero-order valence-electron chi connectivity index (χ0n) is 10.1. The van der Waals surface area contributed by atoms with Crippen LogP contribution >= 0.6 is 11.6 Å². The number of hydrogen-bond donors (Lipinski definition) is 2. The van der Waals surface area contributed by atoms with Crippen LogP contribution in [0.25, 0.3) is 0 Å². The number of rotatable bonds is 3. The lowest BCUT2D eigenvalue weighted by molar-refractivity contribution is 0.0303. The number of morpholine rings is 1. The van der Waals surface area contributed by atoms with E-state index in [9.17, 15) is 4.79 Å². The second-order valence-corrected chi connectivity index (χ2v) is 4.40. The average molecular weight is 285 g/mol. The molecule has 1 fully saturated rings. The number of ether oxygens (including phenoxy) is 1. The van der Waals surface area contributed by atoms with E-state index >= 15 is 0 Å². The van der Waals surface area contributed by atoms with Crippen molar-refractivity contribution in [1.29, 1.82) is 0 Å². The summed E-state index contributed by atoms with van der Waals surface area (Å²) in [5, 5.41) is 17.6. The van der Waals surface area contributed by atoms with Crippen molar-refractivity contribution in [2.24, 2.45) is 0 Å². The van der Waals surface area contributed by atoms with Gasteiger partial charge in [0.1, 0.15) is 5.75 Å². The number of amides is 1. The van der Waals surface area contributed by atoms with Gasteiger partial charge in [0.25, 0.3) is 5.91 Å². The Hall–Kier alpha value is -1.28. The van der Waals surface area contributed by atoms with E-state index in [1.54, 1.807) is 4.90 Å². The van der Waals surface area contributed by atoms with Gasteiger partial charge in [0.15, 0.2) is 0 Å². The molecule has 1 aliphatic rings. The highest BCUT2D eigenvalue weighted by atomic mass is 35.5. The van der Waals surface area contributed by atoms with Crippen molar-refractivity contribution in [3.63, 3.8) is 0 Å². The Labute approximate surface area is 115 Å². The average Bonchev–Trinajstić information content (AvgIpc) is 2.38. The summed E-state index contributed by atoms with van der Waals surface area (Å²) in [6.45, 7) is 2.09. The van der Waals surface area contributed by atoms with Gasteiger partial charge < -0.3 is 24.3 Å². The van der Waals surface area contributed by atoms with Crippen LogP contribution in [0.15, 0.2) is 18.2 Å². The molecule has 8 heteroatoms. The molecule has 1 aromatic carbocycles. The largest absolute Gasteiger partial charge is 0.707 e. The molecule has 0 atom stereocenters. The Kier molecular flexibility index (Phi) is 4.65. The first-order chi connectivity index (χ1) is 9.08. The molecule has 6 nitrogen and oxygen atoms in total. The second kappa shape index (κ2) is 6.25. The van der Waals surface area contributed by atoms with Crippen LogP contribution in [0.5, 0.6) is 5.75 Å². The number of hydrogen-bond acceptors (Lipinski definition) is 5. The van der Waals surface area contributed by atoms with Gasteiger partial charge in [-0.05, 0) is 18.2 Å². The van der Waals surface area contributed by atoms with Crippen LogP contribution in [0.3, 0.4) is 0 Å². The molecule has 0 aliphatic carbocycles. The second-order valence-electron chi connectivity index (χ2n) is 3.99. The normalized spacial score (nSPS) is 15.2. The van der Waals surface area contributed by atoms with Gasteiger partial charge in [0.05, 0.1) is 23.8 Å². The quantitative estimate of drug-likeness (QED) is 0.774. The van der Waals surface area contributed by atoms with Gasteiger partial charge in [-0.15, -0.1) is 0 Å². The highest BCUT2D eigenvalue weighted by Gasteiger charge is 2.21. The Morgan fingerprint density at radius 2 is 2.05 bits per heavy atom. The molecule has 0 unspecified atom stereocenters. The van der Waals surface area contributed by atoms with E-state index in [1.807, 2.05) is 0 Å². The highest BCUT2D eigenvalue weighted by Crippen LogP contribution is 2.24. The summed E-state index contributed by atoms with van der Waals surface area (Å²) < 4.78 is 9.83. The fourth-order valence-electron chi connectivity index (χ4n) is 1.80. The predicted molar refractivity (Wildman–Crippen MR) is 69.0 cm³/mol. The molecule has 2 N–H and O–H groups in total. The van der Waals surface area contributed by atoms with Crippen LogP contribution in [-0.2, 0) is 4.74 Å². The van der Waals surface area contributed by atoms with Crippen LogP contribution in [0.1, 0.15) is 10.4 Å². The monoisotopic (exact) mass is 285 g/mol. The molecule has 19 heavy (non-hydrogen) atoms. The SMILES string of the molecule is O=C(c1ccc(OB(O)O)cc1Cl)N1CCOCC1. The van der Waals surface area contributed by atoms with Crippen LogP contribution in [0.2, 0.25) is 5.02 Å². The molecule has 0 radical (unpaired) electrons. The maximum Gasteiger partial charge on any atom is 0.707 e. The van der Waals surface area contributed by atoms with Crippen molar-refractivity contribution in [3.05, 3.63) is 28.8 Å². The van der Waals surface area contributed by atoms with E-state index in [2.05, 4.69) is 4.65 Å². The summed E-state index contributed by atoms with van der Waals surface area (Å²) >= 11 is 6.00. The fourth-order valence-corrected chi connectivity index (χ4v) is 2.05. The van der Waals surface area contributed by atoms with Crippen molar-refractivity contribution >= 4 is 24.8 Å². The van der Waals surface area contributed by atoms with Crippen molar-refractivity contribution in [2.45, 2.75) is 0 Å². The summed E-state index contributed by atoms with van der Waals surface area (Å²) in [7, 11) is -1.92. The number of carbonyl (C=O) groups is 1.